The van der Waals surface area contributed by atoms with Gasteiger partial charge in [0.25, 0.3) is 0 Å². The molecule has 0 spiro atoms. The minimum atomic E-state index is -0.528. The average Bonchev–Trinajstić information content (AvgIpc) is 2.32. The minimum absolute atomic E-state index is 0.271. The quantitative estimate of drug-likeness (QED) is 0.665. The van der Waals surface area contributed by atoms with E-state index in [0.717, 1.165) is 11.5 Å². The third kappa shape index (κ3) is 1.09. The van der Waals surface area contributed by atoms with Gasteiger partial charge >= 0.3 is 0 Å². The van der Waals surface area contributed by atoms with E-state index in [2.05, 4.69) is 0 Å². The molecule has 3 heteroatoms. The van der Waals surface area contributed by atoms with Crippen LogP contribution >= 0.6 is 0 Å². The fourth-order valence-corrected chi connectivity index (χ4v) is 1.44. The molecule has 0 aromatic carbocycles. The van der Waals surface area contributed by atoms with Crippen LogP contribution in [0.1, 0.15) is 27.2 Å². The van der Waals surface area contributed by atoms with Crippen LogP contribution in [0.25, 0.3) is 0 Å². The monoisotopic (exact) mass is 157 g/mol. The lowest BCUT2D eigenvalue weighted by atomic mass is 9.97. The molecule has 3 nitrogen and oxygen atoms in total. The summed E-state index contributed by atoms with van der Waals surface area (Å²) in [5.74, 6) is 0.271. The zero-order chi connectivity index (χ0) is 8.48. The topological polar surface area (TPSA) is 32.7 Å². The summed E-state index contributed by atoms with van der Waals surface area (Å²) in [4.78, 5) is 0. The number of ether oxygens (including phenoxy) is 1. The Kier molecular flexibility index (Phi) is 2.09. The van der Waals surface area contributed by atoms with Crippen LogP contribution in [0.5, 0.6) is 0 Å². The summed E-state index contributed by atoms with van der Waals surface area (Å²) >= 11 is 0. The lowest BCUT2D eigenvalue weighted by Crippen LogP contribution is -2.46. The molecule has 1 rings (SSSR count). The summed E-state index contributed by atoms with van der Waals surface area (Å²) in [6, 6.07) is 0. The average molecular weight is 157 g/mol. The van der Waals surface area contributed by atoms with E-state index < -0.39 is 5.72 Å². The highest BCUT2D eigenvalue weighted by molar-refractivity contribution is 4.93. The van der Waals surface area contributed by atoms with Crippen molar-refractivity contribution in [2.24, 2.45) is 5.92 Å². The number of rotatable bonds is 2. The van der Waals surface area contributed by atoms with Crippen LogP contribution in [0.4, 0.5) is 0 Å². The van der Waals surface area contributed by atoms with Crippen molar-refractivity contribution in [3.8, 4) is 0 Å². The molecule has 0 aliphatic carbocycles. The van der Waals surface area contributed by atoms with Crippen LogP contribution in [0.2, 0.25) is 0 Å². The van der Waals surface area contributed by atoms with E-state index in [-0.39, 0.29) is 5.92 Å². The molecule has 0 radical (unpaired) electrons. The van der Waals surface area contributed by atoms with Crippen LogP contribution in [0.3, 0.4) is 0 Å². The summed E-state index contributed by atoms with van der Waals surface area (Å²) in [5, 5.41) is 10.6. The second kappa shape index (κ2) is 2.74. The molecule has 1 unspecified atom stereocenters. The van der Waals surface area contributed by atoms with Gasteiger partial charge in [0.15, 0.2) is 0 Å². The molecule has 1 aliphatic rings. The second-order valence-electron chi connectivity index (χ2n) is 3.10. The second-order valence-corrected chi connectivity index (χ2v) is 3.10. The molecule has 0 amide bonds. The normalized spacial score (nSPS) is 29.7. The molecule has 0 aromatic heterocycles. The van der Waals surface area contributed by atoms with Crippen molar-refractivity contribution in [1.29, 1.82) is 0 Å². The van der Waals surface area contributed by atoms with Gasteiger partial charge in [-0.25, -0.2) is 5.06 Å². The first-order valence-electron chi connectivity index (χ1n) is 3.96. The van der Waals surface area contributed by atoms with Crippen LogP contribution in [-0.4, -0.2) is 16.0 Å². The van der Waals surface area contributed by atoms with Gasteiger partial charge in [0, 0.05) is 12.3 Å². The number of nitrogens with zero attached hydrogens (tertiary/aromatic N) is 1. The highest BCUT2D eigenvalue weighted by Crippen LogP contribution is 2.32. The molecule has 0 saturated carbocycles. The molecule has 1 heterocycles. The van der Waals surface area contributed by atoms with Crippen molar-refractivity contribution >= 4 is 0 Å². The van der Waals surface area contributed by atoms with Crippen molar-refractivity contribution in [3.63, 3.8) is 0 Å². The molecule has 11 heavy (non-hydrogen) atoms. The zero-order valence-electron chi connectivity index (χ0n) is 7.24. The maximum absolute atomic E-state index is 9.43. The Morgan fingerprint density at radius 3 is 2.45 bits per heavy atom. The third-order valence-electron chi connectivity index (χ3n) is 2.27. The molecule has 1 aliphatic heterocycles. The van der Waals surface area contributed by atoms with Gasteiger partial charge < -0.3 is 4.74 Å². The maximum atomic E-state index is 9.43. The Morgan fingerprint density at radius 2 is 2.27 bits per heavy atom. The largest absolute Gasteiger partial charge is 0.472 e. The van der Waals surface area contributed by atoms with E-state index in [0.29, 0.717) is 0 Å². The summed E-state index contributed by atoms with van der Waals surface area (Å²) in [7, 11) is 0. The first kappa shape index (κ1) is 8.40. The van der Waals surface area contributed by atoms with E-state index in [1.165, 1.54) is 6.26 Å². The SMILES string of the molecule is CCC1(C(C)C)OC=CN1O. The predicted molar refractivity (Wildman–Crippen MR) is 41.7 cm³/mol. The van der Waals surface area contributed by atoms with E-state index in [1.54, 1.807) is 6.20 Å². The van der Waals surface area contributed by atoms with E-state index in [9.17, 15) is 5.21 Å². The number of hydrogen-bond acceptors (Lipinski definition) is 3. The molecule has 64 valence electrons. The Morgan fingerprint density at radius 1 is 1.64 bits per heavy atom. The first-order valence-corrected chi connectivity index (χ1v) is 3.96. The smallest absolute Gasteiger partial charge is 0.206 e. The minimum Gasteiger partial charge on any atom is -0.472 e. The van der Waals surface area contributed by atoms with E-state index in [4.69, 9.17) is 4.74 Å². The Bertz CT molecular complexity index is 167. The van der Waals surface area contributed by atoms with Gasteiger partial charge in [-0.1, -0.05) is 20.8 Å². The van der Waals surface area contributed by atoms with Gasteiger partial charge in [0.1, 0.15) is 6.26 Å². The summed E-state index contributed by atoms with van der Waals surface area (Å²) in [6.45, 7) is 6.05. The number of hydroxylamine groups is 2. The lowest BCUT2D eigenvalue weighted by molar-refractivity contribution is -0.232. The van der Waals surface area contributed by atoms with Crippen LogP contribution in [-0.2, 0) is 4.74 Å². The Balaban J connectivity index is 2.77. The van der Waals surface area contributed by atoms with Crippen molar-refractivity contribution in [2.45, 2.75) is 32.9 Å². The lowest BCUT2D eigenvalue weighted by Gasteiger charge is -2.36. The summed E-state index contributed by atoms with van der Waals surface area (Å²) in [6.07, 6.45) is 3.85. The van der Waals surface area contributed by atoms with Gasteiger partial charge in [0.2, 0.25) is 5.72 Å². The summed E-state index contributed by atoms with van der Waals surface area (Å²) < 4.78 is 5.36. The highest BCUT2D eigenvalue weighted by Gasteiger charge is 2.41. The molecular formula is C8H15NO2. The zero-order valence-corrected chi connectivity index (χ0v) is 7.24. The molecule has 1 atom stereocenters. The van der Waals surface area contributed by atoms with Crippen LogP contribution < -0.4 is 0 Å². The van der Waals surface area contributed by atoms with E-state index in [1.807, 2.05) is 20.8 Å². The van der Waals surface area contributed by atoms with Crippen molar-refractivity contribution in [1.82, 2.24) is 5.06 Å². The Hall–Kier alpha value is -0.700. The van der Waals surface area contributed by atoms with E-state index >= 15 is 0 Å². The fourth-order valence-electron chi connectivity index (χ4n) is 1.44. The van der Waals surface area contributed by atoms with Crippen molar-refractivity contribution in [2.75, 3.05) is 0 Å². The molecule has 0 saturated heterocycles. The summed E-state index contributed by atoms with van der Waals surface area (Å²) in [5.41, 5.74) is -0.528. The van der Waals surface area contributed by atoms with Crippen LogP contribution in [0, 0.1) is 5.92 Å². The van der Waals surface area contributed by atoms with Gasteiger partial charge in [-0.3, -0.25) is 5.21 Å². The predicted octanol–water partition coefficient (Wildman–Crippen LogP) is 1.94. The standard InChI is InChI=1S/C8H15NO2/c1-4-8(7(2)3)9(10)5-6-11-8/h5-7,10H,4H2,1-3H3. The molecule has 0 aromatic rings. The molecule has 0 fully saturated rings. The Labute approximate surface area is 67.2 Å². The van der Waals surface area contributed by atoms with Crippen molar-refractivity contribution in [3.05, 3.63) is 12.5 Å². The highest BCUT2D eigenvalue weighted by atomic mass is 16.6. The first-order chi connectivity index (χ1) is 5.13. The third-order valence-corrected chi connectivity index (χ3v) is 2.27. The fraction of sp³-hybridized carbons (Fsp3) is 0.750. The molecule has 1 N–H and O–H groups in total. The molecule has 0 bridgehead atoms. The number of hydrogen-bond donors (Lipinski definition) is 1. The van der Waals surface area contributed by atoms with Crippen molar-refractivity contribution < 1.29 is 9.94 Å². The van der Waals surface area contributed by atoms with Gasteiger partial charge in [-0.2, -0.15) is 0 Å². The van der Waals surface area contributed by atoms with Gasteiger partial charge in [0.05, 0.1) is 6.20 Å². The van der Waals surface area contributed by atoms with Gasteiger partial charge in [-0.05, 0) is 0 Å². The maximum Gasteiger partial charge on any atom is 0.206 e. The molecular weight excluding hydrogens is 142 g/mol. The van der Waals surface area contributed by atoms with Gasteiger partial charge in [-0.15, -0.1) is 0 Å². The van der Waals surface area contributed by atoms with Crippen LogP contribution in [0.15, 0.2) is 12.5 Å².